The lowest BCUT2D eigenvalue weighted by Gasteiger charge is -2.50. The Labute approximate surface area is 258 Å². The summed E-state index contributed by atoms with van der Waals surface area (Å²) in [5.41, 5.74) is 4.79. The van der Waals surface area contributed by atoms with Gasteiger partial charge in [0.25, 0.3) is 5.91 Å². The standard InChI is InChI=1S/C33H34N4O8/c1-36(2)20-14-19-29(45-22(35-19)11-10-15-8-6-7-9-21(15)44-5)24-17(20)12-16-13-18-26(37(3)4)28(39)25(32(34)42)31(41)33(18,43)30(40)23(16)27(24)38/h6-11,14,16,18,26,39-40,43H,12-13H2,1-5H3,(H2,34,42)/t16-,18-,26-,33-/m0/s1. The third kappa shape index (κ3) is 4.35. The molecule has 0 saturated heterocycles. The van der Waals surface area contributed by atoms with E-state index in [2.05, 4.69) is 4.98 Å². The van der Waals surface area contributed by atoms with Crippen LogP contribution in [0.1, 0.15) is 33.8 Å². The molecule has 45 heavy (non-hydrogen) atoms. The highest BCUT2D eigenvalue weighted by Crippen LogP contribution is 2.53. The maximum absolute atomic E-state index is 14.4. The molecular weight excluding hydrogens is 580 g/mol. The van der Waals surface area contributed by atoms with Crippen molar-refractivity contribution in [2.75, 3.05) is 40.2 Å². The number of hydrogen-bond donors (Lipinski definition) is 4. The number of primary amides is 1. The molecule has 12 heteroatoms. The lowest BCUT2D eigenvalue weighted by atomic mass is 9.58. The third-order valence-electron chi connectivity index (χ3n) is 9.12. The molecule has 12 nitrogen and oxygen atoms in total. The van der Waals surface area contributed by atoms with Crippen LogP contribution in [0.15, 0.2) is 57.4 Å². The number of carbonyl (C=O) groups is 3. The monoisotopic (exact) mass is 614 g/mol. The summed E-state index contributed by atoms with van der Waals surface area (Å²) in [5.74, 6) is -5.33. The summed E-state index contributed by atoms with van der Waals surface area (Å²) >= 11 is 0. The van der Waals surface area contributed by atoms with E-state index in [9.17, 15) is 29.7 Å². The molecular formula is C33H34N4O8. The topological polar surface area (TPSA) is 180 Å². The second-order valence-corrected chi connectivity index (χ2v) is 12.1. The smallest absolute Gasteiger partial charge is 0.255 e. The third-order valence-corrected chi connectivity index (χ3v) is 9.12. The van der Waals surface area contributed by atoms with Crippen molar-refractivity contribution >= 4 is 46.4 Å². The zero-order chi connectivity index (χ0) is 32.5. The van der Waals surface area contributed by atoms with Crippen LogP contribution in [0, 0.1) is 11.8 Å². The number of likely N-dealkylation sites (N-methyl/N-ethyl adjacent to an activating group) is 1. The van der Waals surface area contributed by atoms with Crippen LogP contribution >= 0.6 is 0 Å². The fourth-order valence-corrected chi connectivity index (χ4v) is 7.14. The Kier molecular flexibility index (Phi) is 7.09. The minimum Gasteiger partial charge on any atom is -0.510 e. The number of Topliss-reactive ketones (excluding diaryl/α,β-unsaturated/α-hetero) is 2. The van der Waals surface area contributed by atoms with Gasteiger partial charge in [-0.3, -0.25) is 19.3 Å². The maximum Gasteiger partial charge on any atom is 0.255 e. The SMILES string of the molecule is COc1ccccc1C=Cc1nc2cc(N(C)C)c3c(c2o1)C(=O)C1=C(O)[C@]2(O)C(=O)C(C(N)=O)=C(O)[C@@H](N(C)C)[C@@H]2C[C@@H]1C3. The van der Waals surface area contributed by atoms with Crippen LogP contribution in [0.3, 0.4) is 0 Å². The maximum atomic E-state index is 14.4. The number of rotatable bonds is 6. The second-order valence-electron chi connectivity index (χ2n) is 12.1. The van der Waals surface area contributed by atoms with Gasteiger partial charge in [-0.05, 0) is 56.6 Å². The van der Waals surface area contributed by atoms with E-state index in [-0.39, 0.29) is 35.5 Å². The Bertz CT molecular complexity index is 1880. The van der Waals surface area contributed by atoms with E-state index in [0.29, 0.717) is 16.8 Å². The lowest BCUT2D eigenvalue weighted by Crippen LogP contribution is -2.63. The van der Waals surface area contributed by atoms with Gasteiger partial charge < -0.3 is 35.1 Å². The molecule has 2 aromatic carbocycles. The van der Waals surface area contributed by atoms with Gasteiger partial charge in [0.05, 0.1) is 18.7 Å². The number of amides is 1. The van der Waals surface area contributed by atoms with Crippen LogP contribution in [-0.4, -0.2) is 89.6 Å². The quantitative estimate of drug-likeness (QED) is 0.300. The normalized spacial score (nSPS) is 24.7. The zero-order valence-electron chi connectivity index (χ0n) is 25.5. The van der Waals surface area contributed by atoms with Crippen molar-refractivity contribution < 1.29 is 38.9 Å². The summed E-state index contributed by atoms with van der Waals surface area (Å²) in [5, 5.41) is 34.5. The Morgan fingerprint density at radius 1 is 1.16 bits per heavy atom. The summed E-state index contributed by atoms with van der Waals surface area (Å²) in [7, 11) is 8.47. The number of carbonyl (C=O) groups excluding carboxylic acids is 3. The van der Waals surface area contributed by atoms with Crippen molar-refractivity contribution in [1.29, 1.82) is 0 Å². The van der Waals surface area contributed by atoms with Gasteiger partial charge in [-0.2, -0.15) is 0 Å². The van der Waals surface area contributed by atoms with Crippen LogP contribution in [0.4, 0.5) is 5.69 Å². The first kappa shape index (κ1) is 30.1. The summed E-state index contributed by atoms with van der Waals surface area (Å²) < 4.78 is 11.5. The molecule has 0 unspecified atom stereocenters. The van der Waals surface area contributed by atoms with Gasteiger partial charge in [0.2, 0.25) is 11.7 Å². The molecule has 5 N–H and O–H groups in total. The summed E-state index contributed by atoms with van der Waals surface area (Å²) in [6, 6.07) is 8.22. The van der Waals surface area contributed by atoms with Crippen LogP contribution in [-0.2, 0) is 16.0 Å². The van der Waals surface area contributed by atoms with E-state index in [1.807, 2.05) is 49.3 Å². The number of para-hydroxylation sites is 1. The number of nitrogens with two attached hydrogens (primary N) is 1. The molecule has 3 aliphatic rings. The Morgan fingerprint density at radius 2 is 1.87 bits per heavy atom. The molecule has 0 saturated carbocycles. The van der Waals surface area contributed by atoms with E-state index in [1.165, 1.54) is 0 Å². The Morgan fingerprint density at radius 3 is 2.51 bits per heavy atom. The number of fused-ring (bicyclic) bond motifs is 5. The van der Waals surface area contributed by atoms with Gasteiger partial charge in [-0.25, -0.2) is 4.98 Å². The van der Waals surface area contributed by atoms with Crippen molar-refractivity contribution in [2.24, 2.45) is 17.6 Å². The molecule has 0 aliphatic heterocycles. The first-order valence-electron chi connectivity index (χ1n) is 14.4. The van der Waals surface area contributed by atoms with Crippen LogP contribution in [0.2, 0.25) is 0 Å². The molecule has 4 atom stereocenters. The number of ketones is 2. The Balaban J connectivity index is 1.52. The van der Waals surface area contributed by atoms with E-state index >= 15 is 0 Å². The number of benzene rings is 2. The second kappa shape index (κ2) is 10.6. The van der Waals surface area contributed by atoms with E-state index in [0.717, 1.165) is 11.3 Å². The molecule has 6 rings (SSSR count). The molecule has 3 aromatic rings. The minimum atomic E-state index is -2.66. The van der Waals surface area contributed by atoms with Crippen molar-refractivity contribution in [3.05, 3.63) is 75.6 Å². The van der Waals surface area contributed by atoms with Crippen molar-refractivity contribution in [3.8, 4) is 5.75 Å². The number of aliphatic hydroxyl groups is 3. The largest absolute Gasteiger partial charge is 0.510 e. The Hall–Kier alpha value is -4.94. The van der Waals surface area contributed by atoms with Crippen LogP contribution in [0.5, 0.6) is 5.75 Å². The van der Waals surface area contributed by atoms with Crippen LogP contribution in [0.25, 0.3) is 23.3 Å². The zero-order valence-corrected chi connectivity index (χ0v) is 25.5. The summed E-state index contributed by atoms with van der Waals surface area (Å²) in [6.07, 6.45) is 3.76. The minimum absolute atomic E-state index is 0.0555. The van der Waals surface area contributed by atoms with Gasteiger partial charge >= 0.3 is 0 Å². The number of oxazole rings is 1. The van der Waals surface area contributed by atoms with Crippen molar-refractivity contribution in [3.63, 3.8) is 0 Å². The van der Waals surface area contributed by atoms with Gasteiger partial charge in [-0.1, -0.05) is 18.2 Å². The van der Waals surface area contributed by atoms with Crippen molar-refractivity contribution in [2.45, 2.75) is 24.5 Å². The van der Waals surface area contributed by atoms with Crippen LogP contribution < -0.4 is 15.4 Å². The molecule has 1 heterocycles. The fourth-order valence-electron chi connectivity index (χ4n) is 7.14. The molecule has 1 aromatic heterocycles. The predicted octanol–water partition coefficient (Wildman–Crippen LogP) is 2.80. The van der Waals surface area contributed by atoms with Gasteiger partial charge in [0.1, 0.15) is 28.4 Å². The van der Waals surface area contributed by atoms with Gasteiger partial charge in [-0.15, -0.1) is 0 Å². The van der Waals surface area contributed by atoms with E-state index in [1.54, 1.807) is 38.3 Å². The highest BCUT2D eigenvalue weighted by Gasteiger charge is 2.63. The molecule has 3 aliphatic carbocycles. The molecule has 0 bridgehead atoms. The fraction of sp³-hybridized carbons (Fsp3) is 0.333. The highest BCUT2D eigenvalue weighted by atomic mass is 16.5. The number of aromatic nitrogens is 1. The lowest BCUT2D eigenvalue weighted by molar-refractivity contribution is -0.148. The van der Waals surface area contributed by atoms with Crippen molar-refractivity contribution in [1.82, 2.24) is 9.88 Å². The highest BCUT2D eigenvalue weighted by molar-refractivity contribution is 6.25. The average Bonchev–Trinajstić information content (AvgIpc) is 3.40. The number of methoxy groups -OCH3 is 1. The van der Waals surface area contributed by atoms with Gasteiger partial charge in [0, 0.05) is 42.9 Å². The molecule has 0 spiro atoms. The number of aliphatic hydroxyl groups excluding tert-OH is 2. The molecule has 234 valence electrons. The number of ether oxygens (including phenoxy) is 1. The predicted molar refractivity (Wildman–Crippen MR) is 166 cm³/mol. The molecule has 0 fully saturated rings. The first-order chi connectivity index (χ1) is 21.3. The number of nitrogens with zero attached hydrogens (tertiary/aromatic N) is 3. The summed E-state index contributed by atoms with van der Waals surface area (Å²) in [4.78, 5) is 48.3. The van der Waals surface area contributed by atoms with Gasteiger partial charge in [0.15, 0.2) is 17.0 Å². The number of allylic oxidation sites excluding steroid dienone is 1. The number of hydrogen-bond acceptors (Lipinski definition) is 11. The van der Waals surface area contributed by atoms with E-state index in [4.69, 9.17) is 14.9 Å². The average molecular weight is 615 g/mol. The number of anilines is 1. The molecule has 1 amide bonds. The summed E-state index contributed by atoms with van der Waals surface area (Å²) in [6.45, 7) is 0. The molecule has 0 radical (unpaired) electrons. The van der Waals surface area contributed by atoms with E-state index < -0.39 is 58.0 Å². The first-order valence-corrected chi connectivity index (χ1v) is 14.4.